The maximum absolute atomic E-state index is 8.89. The zero-order chi connectivity index (χ0) is 17.9. The van der Waals surface area contributed by atoms with Crippen molar-refractivity contribution < 1.29 is 69.6 Å². The molecule has 0 rings (SSSR count). The third kappa shape index (κ3) is 1150. The molecule has 0 heterocycles. The van der Waals surface area contributed by atoms with E-state index in [-0.39, 0.29) is 20.1 Å². The summed E-state index contributed by atoms with van der Waals surface area (Å²) in [7, 11) is 0. The molecule has 21 heavy (non-hydrogen) atoms. The molecule has 0 radical (unpaired) electrons. The summed E-state index contributed by atoms with van der Waals surface area (Å²) in [6.45, 7) is 4.86. The molecule has 122 valence electrons. The van der Waals surface area contributed by atoms with Gasteiger partial charge in [-0.1, -0.05) is 0 Å². The molecule has 0 aromatic rings. The van der Waals surface area contributed by atoms with Gasteiger partial charge < -0.3 is 49.5 Å². The van der Waals surface area contributed by atoms with Gasteiger partial charge in [0.05, 0.1) is 0 Å². The Morgan fingerprint density at radius 3 is 0.429 bits per heavy atom. The van der Waals surface area contributed by atoms with E-state index in [4.69, 9.17) is 49.5 Å². The molecule has 0 atom stereocenters. The Labute approximate surface area is 134 Å². The average Bonchev–Trinajstić information content (AvgIpc) is 1.94. The molecule has 0 aliphatic heterocycles. The third-order valence-electron chi connectivity index (χ3n) is 0. The predicted octanol–water partition coefficient (Wildman–Crippen LogP) is -6.22. The monoisotopic (exact) mass is 392 g/mol. The van der Waals surface area contributed by atoms with Crippen LogP contribution in [0.15, 0.2) is 0 Å². The first-order valence-corrected chi connectivity index (χ1v) is 4.54. The summed E-state index contributed by atoms with van der Waals surface area (Å²) in [5.41, 5.74) is 0. The molecule has 10 nitrogen and oxygen atoms in total. The van der Waals surface area contributed by atoms with Crippen molar-refractivity contribution >= 4 is 29.8 Å². The molecule has 0 aliphatic rings. The number of hydrogen-bond donors (Lipinski definition) is 0. The van der Waals surface area contributed by atoms with Crippen LogP contribution in [0, 0.1) is 0 Å². The van der Waals surface area contributed by atoms with Gasteiger partial charge in [0.25, 0.3) is 0 Å². The van der Waals surface area contributed by atoms with Crippen LogP contribution in [0.25, 0.3) is 0 Å². The van der Waals surface area contributed by atoms with E-state index in [1.807, 2.05) is 0 Å². The van der Waals surface area contributed by atoms with Gasteiger partial charge in [0.1, 0.15) is 0 Å². The quantitative estimate of drug-likeness (QED) is 0.381. The average molecular weight is 393 g/mol. The molecule has 0 aromatic carbocycles. The van der Waals surface area contributed by atoms with Crippen LogP contribution in [0.5, 0.6) is 0 Å². The number of aliphatic carboxylic acids is 5. The maximum Gasteiger partial charge on any atom is 5.00 e. The van der Waals surface area contributed by atoms with Crippen LogP contribution in [-0.2, 0) is 44.1 Å². The first-order valence-electron chi connectivity index (χ1n) is 4.54. The second-order valence-electron chi connectivity index (χ2n) is 2.46. The zero-order valence-electron chi connectivity index (χ0n) is 12.0. The van der Waals surface area contributed by atoms with Gasteiger partial charge in [-0.2, -0.15) is 0 Å². The third-order valence-corrected chi connectivity index (χ3v) is 0. The van der Waals surface area contributed by atoms with Gasteiger partial charge in [-0.3, -0.25) is 0 Å². The molecule has 0 amide bonds. The van der Waals surface area contributed by atoms with Crippen molar-refractivity contribution in [1.29, 1.82) is 0 Å². The van der Waals surface area contributed by atoms with Crippen LogP contribution in [0.2, 0.25) is 0 Å². The Balaban J connectivity index is -0.0000000331. The Hall–Kier alpha value is -2.00. The van der Waals surface area contributed by atoms with Crippen LogP contribution in [0.4, 0.5) is 0 Å². The standard InChI is InChI=1S/5C2H4O2.Tc/c5*1-2(3)4;/h5*1H3,(H,3,4);/q;;;;;+5/p-5. The summed E-state index contributed by atoms with van der Waals surface area (Å²) in [4.78, 5) is 44.4. The fraction of sp³-hybridized carbons (Fsp3) is 0.500. The van der Waals surface area contributed by atoms with Gasteiger partial charge in [0, 0.05) is 29.8 Å². The minimum Gasteiger partial charge on any atom is -0.550 e. The molecule has 0 saturated carbocycles. The Bertz CT molecular complexity index is 211. The van der Waals surface area contributed by atoms with Gasteiger partial charge in [-0.05, 0) is 34.6 Å². The van der Waals surface area contributed by atoms with Gasteiger partial charge >= 0.3 is 20.1 Å². The van der Waals surface area contributed by atoms with Crippen LogP contribution in [0.3, 0.4) is 0 Å². The van der Waals surface area contributed by atoms with Crippen molar-refractivity contribution in [2.75, 3.05) is 0 Å². The molecule has 0 fully saturated rings. The molecular weight excluding hydrogens is 378 g/mol. The summed E-state index contributed by atoms with van der Waals surface area (Å²) < 4.78 is 0. The number of carbonyl (C=O) groups excluding carboxylic acids is 5. The number of carbonyl (C=O) groups is 5. The maximum atomic E-state index is 8.89. The fourth-order valence-corrected chi connectivity index (χ4v) is 0. The van der Waals surface area contributed by atoms with E-state index in [1.54, 1.807) is 0 Å². The van der Waals surface area contributed by atoms with E-state index in [2.05, 4.69) is 0 Å². The van der Waals surface area contributed by atoms with Gasteiger partial charge in [-0.25, -0.2) is 0 Å². The van der Waals surface area contributed by atoms with Gasteiger partial charge in [0.2, 0.25) is 0 Å². The van der Waals surface area contributed by atoms with Gasteiger partial charge in [-0.15, -0.1) is 0 Å². The first-order chi connectivity index (χ1) is 8.66. The smallest absolute Gasteiger partial charge is 0.550 e. The zero-order valence-corrected chi connectivity index (χ0v) is 13.8. The van der Waals surface area contributed by atoms with Crippen molar-refractivity contribution in [3.63, 3.8) is 0 Å². The minimum absolute atomic E-state index is 0. The summed E-state index contributed by atoms with van der Waals surface area (Å²) in [6.07, 6.45) is 0. The van der Waals surface area contributed by atoms with Crippen molar-refractivity contribution in [3.05, 3.63) is 0 Å². The molecule has 0 aromatic heterocycles. The van der Waals surface area contributed by atoms with E-state index < -0.39 is 29.8 Å². The van der Waals surface area contributed by atoms with Crippen molar-refractivity contribution in [3.8, 4) is 0 Å². The Morgan fingerprint density at radius 2 is 0.429 bits per heavy atom. The van der Waals surface area contributed by atoms with E-state index in [0.29, 0.717) is 0 Å². The Kier molecular flexibility index (Phi) is 53.4. The fourth-order valence-electron chi connectivity index (χ4n) is 0. The number of carboxylic acid groups (broad SMARTS) is 5. The summed E-state index contributed by atoms with van der Waals surface area (Å²) in [5.74, 6) is -5.42. The first kappa shape index (κ1) is 36.4. The molecule has 0 saturated heterocycles. The Morgan fingerprint density at radius 1 is 0.429 bits per heavy atom. The van der Waals surface area contributed by atoms with Crippen molar-refractivity contribution in [1.82, 2.24) is 0 Å². The largest absolute Gasteiger partial charge is 5.00 e. The molecule has 0 aliphatic carbocycles. The summed E-state index contributed by atoms with van der Waals surface area (Å²) >= 11 is 0. The second kappa shape index (κ2) is 30.8. The molecule has 0 N–H and O–H groups in total. The van der Waals surface area contributed by atoms with Crippen LogP contribution in [0.1, 0.15) is 34.6 Å². The van der Waals surface area contributed by atoms with Crippen LogP contribution < -0.4 is 25.5 Å². The number of rotatable bonds is 0. The molecular formula is C10H15O10Tc. The van der Waals surface area contributed by atoms with Crippen molar-refractivity contribution in [2.45, 2.75) is 34.6 Å². The van der Waals surface area contributed by atoms with Crippen LogP contribution >= 0.6 is 0 Å². The number of carboxylic acids is 5. The van der Waals surface area contributed by atoms with Crippen LogP contribution in [-0.4, -0.2) is 29.8 Å². The summed E-state index contributed by atoms with van der Waals surface area (Å²) in [5, 5.41) is 44.4. The van der Waals surface area contributed by atoms with Gasteiger partial charge in [0.15, 0.2) is 0 Å². The molecule has 0 bridgehead atoms. The SMILES string of the molecule is CC(=O)[O-].CC(=O)[O-].CC(=O)[O-].CC(=O)[O-].CC(=O)[O-].[Tc+5]. The molecule has 11 heteroatoms. The number of hydrogen-bond acceptors (Lipinski definition) is 10. The second-order valence-corrected chi connectivity index (χ2v) is 2.46. The van der Waals surface area contributed by atoms with Crippen molar-refractivity contribution in [2.24, 2.45) is 0 Å². The van der Waals surface area contributed by atoms with E-state index >= 15 is 0 Å². The van der Waals surface area contributed by atoms with E-state index in [1.165, 1.54) is 0 Å². The minimum atomic E-state index is -1.08. The van der Waals surface area contributed by atoms with E-state index in [0.717, 1.165) is 34.6 Å². The van der Waals surface area contributed by atoms with E-state index in [9.17, 15) is 0 Å². The summed E-state index contributed by atoms with van der Waals surface area (Å²) in [6, 6.07) is 0. The predicted molar refractivity (Wildman–Crippen MR) is 53.4 cm³/mol. The normalized spacial score (nSPS) is 5.95. The molecule has 0 spiro atoms. The molecule has 0 unspecified atom stereocenters. The topological polar surface area (TPSA) is 201 Å².